The first kappa shape index (κ1) is 11.6. The Kier molecular flexibility index (Phi) is 3.25. The molecule has 0 aliphatic carbocycles. The van der Waals surface area contributed by atoms with Crippen molar-refractivity contribution >= 4 is 11.6 Å². The number of halogens is 1. The van der Waals surface area contributed by atoms with Crippen molar-refractivity contribution in [2.75, 3.05) is 0 Å². The number of hydrogen-bond acceptors (Lipinski definition) is 1. The average Bonchev–Trinajstić information content (AvgIpc) is 2.27. The highest BCUT2D eigenvalue weighted by molar-refractivity contribution is 6.28. The topological polar surface area (TPSA) is 17.8 Å². The van der Waals surface area contributed by atoms with Crippen molar-refractivity contribution in [2.45, 2.75) is 47.1 Å². The van der Waals surface area contributed by atoms with Crippen LogP contribution in [0.1, 0.15) is 46.4 Å². The third-order valence-electron chi connectivity index (χ3n) is 2.06. The van der Waals surface area contributed by atoms with Gasteiger partial charge < -0.3 is 4.57 Å². The van der Waals surface area contributed by atoms with Crippen molar-refractivity contribution in [2.24, 2.45) is 5.41 Å². The van der Waals surface area contributed by atoms with Crippen LogP contribution in [0.4, 0.5) is 0 Å². The lowest BCUT2D eigenvalue weighted by Crippen LogP contribution is -2.14. The van der Waals surface area contributed by atoms with E-state index in [1.807, 2.05) is 6.20 Å². The van der Waals surface area contributed by atoms with E-state index in [-0.39, 0.29) is 5.41 Å². The quantitative estimate of drug-likeness (QED) is 0.734. The van der Waals surface area contributed by atoms with Gasteiger partial charge >= 0.3 is 0 Å². The van der Waals surface area contributed by atoms with Crippen LogP contribution in [0.3, 0.4) is 0 Å². The monoisotopic (exact) mass is 214 g/mol. The van der Waals surface area contributed by atoms with E-state index in [9.17, 15) is 0 Å². The molecule has 1 aromatic rings. The maximum Gasteiger partial charge on any atom is 0.203 e. The fraction of sp³-hybridized carbons (Fsp3) is 0.727. The van der Waals surface area contributed by atoms with Gasteiger partial charge in [0.1, 0.15) is 0 Å². The third-order valence-corrected chi connectivity index (χ3v) is 2.34. The molecule has 0 unspecified atom stereocenters. The minimum Gasteiger partial charge on any atom is -0.316 e. The van der Waals surface area contributed by atoms with E-state index in [0.717, 1.165) is 6.42 Å². The van der Waals surface area contributed by atoms with Gasteiger partial charge in [-0.2, -0.15) is 0 Å². The van der Waals surface area contributed by atoms with Crippen LogP contribution < -0.4 is 0 Å². The van der Waals surface area contributed by atoms with Gasteiger partial charge in [-0.25, -0.2) is 4.98 Å². The van der Waals surface area contributed by atoms with Gasteiger partial charge in [0.05, 0.1) is 0 Å². The average molecular weight is 215 g/mol. The molecule has 0 radical (unpaired) electrons. The summed E-state index contributed by atoms with van der Waals surface area (Å²) in [6, 6.07) is 0.377. The molecule has 0 N–H and O–H groups in total. The van der Waals surface area contributed by atoms with Crippen LogP contribution in [-0.2, 0) is 6.42 Å². The SMILES string of the molecule is CC(C)n1c(CC(C)(C)C)cnc1Cl. The first-order valence-corrected chi connectivity index (χ1v) is 5.40. The minimum atomic E-state index is 0.274. The zero-order valence-electron chi connectivity index (χ0n) is 9.63. The second-order valence-electron chi connectivity index (χ2n) is 5.22. The summed E-state index contributed by atoms with van der Waals surface area (Å²) in [7, 11) is 0. The van der Waals surface area contributed by atoms with Gasteiger partial charge in [-0.1, -0.05) is 20.8 Å². The summed E-state index contributed by atoms with van der Waals surface area (Å²) in [5, 5.41) is 0.597. The molecule has 0 aliphatic rings. The second kappa shape index (κ2) is 3.93. The zero-order valence-corrected chi connectivity index (χ0v) is 10.4. The smallest absolute Gasteiger partial charge is 0.203 e. The van der Waals surface area contributed by atoms with Gasteiger partial charge in [0, 0.05) is 17.9 Å². The molecule has 1 aromatic heterocycles. The molecule has 1 rings (SSSR count). The first-order chi connectivity index (χ1) is 6.31. The number of imidazole rings is 1. The van der Waals surface area contributed by atoms with E-state index in [2.05, 4.69) is 44.2 Å². The van der Waals surface area contributed by atoms with Gasteiger partial charge in [0.2, 0.25) is 5.28 Å². The highest BCUT2D eigenvalue weighted by Gasteiger charge is 2.17. The summed E-state index contributed by atoms with van der Waals surface area (Å²) >= 11 is 6.02. The molecule has 0 aliphatic heterocycles. The lowest BCUT2D eigenvalue weighted by Gasteiger charge is -2.20. The van der Waals surface area contributed by atoms with E-state index in [4.69, 9.17) is 11.6 Å². The van der Waals surface area contributed by atoms with Crippen molar-refractivity contribution in [3.8, 4) is 0 Å². The maximum atomic E-state index is 6.02. The van der Waals surface area contributed by atoms with Crippen LogP contribution in [0, 0.1) is 5.41 Å². The summed E-state index contributed by atoms with van der Waals surface area (Å²) in [6.45, 7) is 10.9. The molecular weight excluding hydrogens is 196 g/mol. The number of aromatic nitrogens is 2. The van der Waals surface area contributed by atoms with E-state index in [0.29, 0.717) is 11.3 Å². The highest BCUT2D eigenvalue weighted by atomic mass is 35.5. The lowest BCUT2D eigenvalue weighted by atomic mass is 9.90. The molecule has 0 aromatic carbocycles. The van der Waals surface area contributed by atoms with Gasteiger partial charge in [0.25, 0.3) is 0 Å². The Morgan fingerprint density at radius 1 is 1.43 bits per heavy atom. The standard InChI is InChI=1S/C11H19ClN2/c1-8(2)14-9(6-11(3,4)5)7-13-10(14)12/h7-8H,6H2,1-5H3. The van der Waals surface area contributed by atoms with Crippen LogP contribution in [0.2, 0.25) is 5.28 Å². The molecule has 1 heterocycles. The summed E-state index contributed by atoms with van der Waals surface area (Å²) in [5.41, 5.74) is 1.49. The van der Waals surface area contributed by atoms with Crippen LogP contribution >= 0.6 is 11.6 Å². The first-order valence-electron chi connectivity index (χ1n) is 5.03. The van der Waals surface area contributed by atoms with E-state index in [1.54, 1.807) is 0 Å². The van der Waals surface area contributed by atoms with Gasteiger partial charge in [-0.15, -0.1) is 0 Å². The van der Waals surface area contributed by atoms with Crippen molar-refractivity contribution in [3.63, 3.8) is 0 Å². The van der Waals surface area contributed by atoms with Crippen molar-refractivity contribution in [3.05, 3.63) is 17.2 Å². The molecule has 14 heavy (non-hydrogen) atoms. The summed E-state index contributed by atoms with van der Waals surface area (Å²) in [5.74, 6) is 0. The van der Waals surface area contributed by atoms with Crippen LogP contribution in [0.5, 0.6) is 0 Å². The molecule has 0 fully saturated rings. The molecule has 3 heteroatoms. The fourth-order valence-electron chi connectivity index (χ4n) is 1.59. The normalized spacial score (nSPS) is 12.5. The number of rotatable bonds is 2. The van der Waals surface area contributed by atoms with Crippen molar-refractivity contribution < 1.29 is 0 Å². The Morgan fingerprint density at radius 3 is 2.43 bits per heavy atom. The maximum absolute atomic E-state index is 6.02. The molecule has 0 atom stereocenters. The van der Waals surface area contributed by atoms with Crippen LogP contribution in [-0.4, -0.2) is 9.55 Å². The lowest BCUT2D eigenvalue weighted by molar-refractivity contribution is 0.392. The predicted octanol–water partition coefficient (Wildman–Crippen LogP) is 3.71. The Hall–Kier alpha value is -0.500. The molecule has 0 bridgehead atoms. The number of hydrogen-bond donors (Lipinski definition) is 0. The molecular formula is C11H19ClN2. The Labute approximate surface area is 91.3 Å². The van der Waals surface area contributed by atoms with Crippen molar-refractivity contribution in [1.29, 1.82) is 0 Å². The molecule has 0 amide bonds. The van der Waals surface area contributed by atoms with E-state index < -0.39 is 0 Å². The largest absolute Gasteiger partial charge is 0.316 e. The third kappa shape index (κ3) is 2.74. The number of nitrogens with zero attached hydrogens (tertiary/aromatic N) is 2. The highest BCUT2D eigenvalue weighted by Crippen LogP contribution is 2.25. The molecule has 2 nitrogen and oxygen atoms in total. The molecule has 0 saturated heterocycles. The summed E-state index contributed by atoms with van der Waals surface area (Å²) in [4.78, 5) is 4.15. The molecule has 0 spiro atoms. The Morgan fingerprint density at radius 2 is 2.00 bits per heavy atom. The summed E-state index contributed by atoms with van der Waals surface area (Å²) in [6.07, 6.45) is 2.89. The minimum absolute atomic E-state index is 0.274. The van der Waals surface area contributed by atoms with E-state index in [1.165, 1.54) is 5.69 Å². The predicted molar refractivity (Wildman–Crippen MR) is 60.8 cm³/mol. The van der Waals surface area contributed by atoms with Crippen LogP contribution in [0.15, 0.2) is 6.20 Å². The molecule has 0 saturated carbocycles. The zero-order chi connectivity index (χ0) is 10.9. The Bertz CT molecular complexity index is 308. The van der Waals surface area contributed by atoms with Gasteiger partial charge in [-0.3, -0.25) is 0 Å². The summed E-state index contributed by atoms with van der Waals surface area (Å²) < 4.78 is 2.09. The second-order valence-corrected chi connectivity index (χ2v) is 5.56. The Balaban J connectivity index is 2.98. The fourth-order valence-corrected chi connectivity index (χ4v) is 1.94. The van der Waals surface area contributed by atoms with E-state index >= 15 is 0 Å². The van der Waals surface area contributed by atoms with Crippen LogP contribution in [0.25, 0.3) is 0 Å². The van der Waals surface area contributed by atoms with Gasteiger partial charge in [0.15, 0.2) is 0 Å². The van der Waals surface area contributed by atoms with Gasteiger partial charge in [-0.05, 0) is 37.3 Å². The molecule has 80 valence electrons. The van der Waals surface area contributed by atoms with Crippen molar-refractivity contribution in [1.82, 2.24) is 9.55 Å².